The Morgan fingerprint density at radius 1 is 1.33 bits per heavy atom. The first kappa shape index (κ1) is 12.5. The maximum absolute atomic E-state index is 6.05. The highest BCUT2D eigenvalue weighted by Gasteiger charge is 2.32. The smallest absolute Gasteiger partial charge is 0.0409 e. The minimum atomic E-state index is 0.715. The molecule has 3 heteroatoms. The number of halogens is 1. The Labute approximate surface area is 114 Å². The first-order chi connectivity index (χ1) is 8.81. The Morgan fingerprint density at radius 3 is 3.00 bits per heavy atom. The summed E-state index contributed by atoms with van der Waals surface area (Å²) in [5, 5.41) is 4.55. The molecule has 1 aliphatic heterocycles. The summed E-state index contributed by atoms with van der Waals surface area (Å²) in [5.41, 5.74) is 1.33. The summed E-state index contributed by atoms with van der Waals surface area (Å²) in [6.45, 7) is 4.60. The predicted molar refractivity (Wildman–Crippen MR) is 75.9 cm³/mol. The topological polar surface area (TPSA) is 15.3 Å². The van der Waals surface area contributed by atoms with Gasteiger partial charge in [-0.3, -0.25) is 4.90 Å². The highest BCUT2D eigenvalue weighted by molar-refractivity contribution is 6.30. The van der Waals surface area contributed by atoms with E-state index in [1.165, 1.54) is 44.5 Å². The molecule has 1 unspecified atom stereocenters. The minimum absolute atomic E-state index is 0.715. The Hall–Kier alpha value is -0.570. The molecule has 0 radical (unpaired) electrons. The van der Waals surface area contributed by atoms with Crippen molar-refractivity contribution in [2.24, 2.45) is 5.92 Å². The van der Waals surface area contributed by atoms with E-state index in [-0.39, 0.29) is 0 Å². The Morgan fingerprint density at radius 2 is 2.22 bits per heavy atom. The molecule has 1 heterocycles. The van der Waals surface area contributed by atoms with Gasteiger partial charge < -0.3 is 5.32 Å². The first-order valence-electron chi connectivity index (χ1n) is 7.01. The number of hydrogen-bond donors (Lipinski definition) is 1. The van der Waals surface area contributed by atoms with Crippen LogP contribution in [0.2, 0.25) is 5.02 Å². The fraction of sp³-hybridized carbons (Fsp3) is 0.600. The summed E-state index contributed by atoms with van der Waals surface area (Å²) in [7, 11) is 0. The molecule has 0 amide bonds. The van der Waals surface area contributed by atoms with Gasteiger partial charge in [-0.25, -0.2) is 0 Å². The molecule has 1 saturated heterocycles. The van der Waals surface area contributed by atoms with Gasteiger partial charge in [0.25, 0.3) is 0 Å². The van der Waals surface area contributed by atoms with Gasteiger partial charge in [0.15, 0.2) is 0 Å². The van der Waals surface area contributed by atoms with Crippen LogP contribution in [0.25, 0.3) is 0 Å². The third-order valence-electron chi connectivity index (χ3n) is 4.00. The maximum atomic E-state index is 6.05. The summed E-state index contributed by atoms with van der Waals surface area (Å²) in [4.78, 5) is 2.58. The van der Waals surface area contributed by atoms with Gasteiger partial charge in [0.1, 0.15) is 0 Å². The fourth-order valence-corrected chi connectivity index (χ4v) is 3.09. The van der Waals surface area contributed by atoms with Crippen LogP contribution in [0.15, 0.2) is 24.3 Å². The standard InChI is InChI=1S/C15H21ClN2/c16-14-4-1-3-12(9-14)10-18-8-2-7-17-15(11-18)13-5-6-13/h1,3-4,9,13,15,17H,2,5-8,10-11H2. The average Bonchev–Trinajstić information content (AvgIpc) is 3.15. The summed E-state index contributed by atoms with van der Waals surface area (Å²) in [6.07, 6.45) is 4.09. The van der Waals surface area contributed by atoms with Crippen LogP contribution >= 0.6 is 11.6 Å². The summed E-state index contributed by atoms with van der Waals surface area (Å²) in [5.74, 6) is 0.935. The van der Waals surface area contributed by atoms with Crippen LogP contribution in [-0.4, -0.2) is 30.6 Å². The SMILES string of the molecule is Clc1cccc(CN2CCCNC(C3CC3)C2)c1. The van der Waals surface area contributed by atoms with Gasteiger partial charge in [-0.2, -0.15) is 0 Å². The van der Waals surface area contributed by atoms with E-state index in [0.29, 0.717) is 6.04 Å². The number of hydrogen-bond acceptors (Lipinski definition) is 2. The molecule has 18 heavy (non-hydrogen) atoms. The highest BCUT2D eigenvalue weighted by atomic mass is 35.5. The van der Waals surface area contributed by atoms with Crippen LogP contribution in [0, 0.1) is 5.92 Å². The second kappa shape index (κ2) is 5.60. The van der Waals surface area contributed by atoms with Gasteiger partial charge in [0.05, 0.1) is 0 Å². The van der Waals surface area contributed by atoms with Crippen molar-refractivity contribution in [1.82, 2.24) is 10.2 Å². The Bertz CT molecular complexity index is 403. The summed E-state index contributed by atoms with van der Waals surface area (Å²) in [6, 6.07) is 8.97. The lowest BCUT2D eigenvalue weighted by Crippen LogP contribution is -2.38. The highest BCUT2D eigenvalue weighted by Crippen LogP contribution is 2.33. The number of rotatable bonds is 3. The van der Waals surface area contributed by atoms with Crippen molar-refractivity contribution in [3.8, 4) is 0 Å². The number of nitrogens with zero attached hydrogens (tertiary/aromatic N) is 1. The van der Waals surface area contributed by atoms with E-state index in [1.54, 1.807) is 0 Å². The Kier molecular flexibility index (Phi) is 3.88. The molecule has 0 spiro atoms. The van der Waals surface area contributed by atoms with Crippen LogP contribution in [0.5, 0.6) is 0 Å². The van der Waals surface area contributed by atoms with Gasteiger partial charge in [0.2, 0.25) is 0 Å². The zero-order chi connectivity index (χ0) is 12.4. The van der Waals surface area contributed by atoms with Crippen molar-refractivity contribution in [3.05, 3.63) is 34.9 Å². The molecule has 1 N–H and O–H groups in total. The molecule has 1 aliphatic carbocycles. The molecule has 1 saturated carbocycles. The summed E-state index contributed by atoms with van der Waals surface area (Å²) >= 11 is 6.05. The molecule has 98 valence electrons. The lowest BCUT2D eigenvalue weighted by atomic mass is 10.1. The molecule has 2 fully saturated rings. The molecule has 1 aromatic rings. The minimum Gasteiger partial charge on any atom is -0.312 e. The van der Waals surface area contributed by atoms with Crippen molar-refractivity contribution in [2.45, 2.75) is 31.8 Å². The second-order valence-electron chi connectivity index (χ2n) is 5.62. The maximum Gasteiger partial charge on any atom is 0.0409 e. The van der Waals surface area contributed by atoms with E-state index in [4.69, 9.17) is 11.6 Å². The molecule has 0 aromatic heterocycles. The zero-order valence-corrected chi connectivity index (χ0v) is 11.5. The summed E-state index contributed by atoms with van der Waals surface area (Å²) < 4.78 is 0. The van der Waals surface area contributed by atoms with Crippen molar-refractivity contribution in [2.75, 3.05) is 19.6 Å². The van der Waals surface area contributed by atoms with E-state index < -0.39 is 0 Å². The van der Waals surface area contributed by atoms with Crippen LogP contribution in [0.3, 0.4) is 0 Å². The third-order valence-corrected chi connectivity index (χ3v) is 4.23. The van der Waals surface area contributed by atoms with Gasteiger partial charge in [-0.05, 0) is 56.0 Å². The molecule has 1 aromatic carbocycles. The van der Waals surface area contributed by atoms with Crippen LogP contribution in [0.1, 0.15) is 24.8 Å². The number of benzene rings is 1. The van der Waals surface area contributed by atoms with Crippen LogP contribution in [-0.2, 0) is 6.54 Å². The lowest BCUT2D eigenvalue weighted by molar-refractivity contribution is 0.251. The van der Waals surface area contributed by atoms with Crippen molar-refractivity contribution in [3.63, 3.8) is 0 Å². The molecule has 0 bridgehead atoms. The molecule has 3 rings (SSSR count). The molecule has 2 nitrogen and oxygen atoms in total. The molecular formula is C15H21ClN2. The second-order valence-corrected chi connectivity index (χ2v) is 6.05. The van der Waals surface area contributed by atoms with Gasteiger partial charge in [-0.15, -0.1) is 0 Å². The van der Waals surface area contributed by atoms with Crippen molar-refractivity contribution >= 4 is 11.6 Å². The molecular weight excluding hydrogens is 244 g/mol. The van der Waals surface area contributed by atoms with Gasteiger partial charge in [0, 0.05) is 24.2 Å². The normalized spacial score (nSPS) is 25.9. The van der Waals surface area contributed by atoms with E-state index >= 15 is 0 Å². The number of nitrogens with one attached hydrogen (secondary N) is 1. The Balaban J connectivity index is 1.63. The third kappa shape index (κ3) is 3.25. The quantitative estimate of drug-likeness (QED) is 0.903. The lowest BCUT2D eigenvalue weighted by Gasteiger charge is -2.24. The monoisotopic (exact) mass is 264 g/mol. The van der Waals surface area contributed by atoms with Gasteiger partial charge in [-0.1, -0.05) is 23.7 Å². The van der Waals surface area contributed by atoms with E-state index in [2.05, 4.69) is 22.3 Å². The van der Waals surface area contributed by atoms with Crippen LogP contribution < -0.4 is 5.32 Å². The first-order valence-corrected chi connectivity index (χ1v) is 7.39. The van der Waals surface area contributed by atoms with E-state index in [1.807, 2.05) is 12.1 Å². The van der Waals surface area contributed by atoms with Crippen LogP contribution in [0.4, 0.5) is 0 Å². The molecule has 1 atom stereocenters. The molecule has 2 aliphatic rings. The van der Waals surface area contributed by atoms with Crippen molar-refractivity contribution < 1.29 is 0 Å². The van der Waals surface area contributed by atoms with E-state index in [0.717, 1.165) is 17.5 Å². The largest absolute Gasteiger partial charge is 0.312 e. The van der Waals surface area contributed by atoms with Gasteiger partial charge >= 0.3 is 0 Å². The van der Waals surface area contributed by atoms with E-state index in [9.17, 15) is 0 Å². The average molecular weight is 265 g/mol. The predicted octanol–water partition coefficient (Wildman–Crippen LogP) is 2.91. The zero-order valence-electron chi connectivity index (χ0n) is 10.7. The van der Waals surface area contributed by atoms with Crippen molar-refractivity contribution in [1.29, 1.82) is 0 Å². The fourth-order valence-electron chi connectivity index (χ4n) is 2.88.